The lowest BCUT2D eigenvalue weighted by molar-refractivity contribution is 0.0992. The average molecular weight is 320 g/mol. The molecule has 4 nitrogen and oxygen atoms in total. The van der Waals surface area contributed by atoms with Crippen molar-refractivity contribution in [1.82, 2.24) is 9.78 Å². The van der Waals surface area contributed by atoms with Crippen LogP contribution in [0.5, 0.6) is 0 Å². The number of nitrogens with one attached hydrogen (secondary N) is 1. The van der Waals surface area contributed by atoms with Gasteiger partial charge in [-0.1, -0.05) is 61.9 Å². The van der Waals surface area contributed by atoms with E-state index < -0.39 is 0 Å². The van der Waals surface area contributed by atoms with Gasteiger partial charge >= 0.3 is 0 Å². The van der Waals surface area contributed by atoms with Crippen LogP contribution in [0.4, 0.5) is 0 Å². The molecule has 0 fully saturated rings. The number of aromatic amines is 1. The first kappa shape index (κ1) is 16.0. The Hall–Kier alpha value is -2.88. The Morgan fingerprint density at radius 3 is 2.25 bits per heavy atom. The molecule has 2 aromatic carbocycles. The molecule has 0 atom stereocenters. The maximum absolute atomic E-state index is 12.8. The number of para-hydroxylation sites is 1. The summed E-state index contributed by atoms with van der Waals surface area (Å²) < 4.78 is 1.53. The fourth-order valence-corrected chi connectivity index (χ4v) is 2.80. The second-order valence-corrected chi connectivity index (χ2v) is 5.76. The number of hydrogen-bond donors (Lipinski definition) is 1. The molecule has 1 N–H and O–H groups in total. The van der Waals surface area contributed by atoms with Gasteiger partial charge in [0.05, 0.1) is 5.69 Å². The highest BCUT2D eigenvalue weighted by atomic mass is 16.1. The zero-order chi connectivity index (χ0) is 16.9. The molecule has 3 aromatic rings. The van der Waals surface area contributed by atoms with Crippen LogP contribution >= 0.6 is 0 Å². The van der Waals surface area contributed by atoms with Gasteiger partial charge in [0.2, 0.25) is 0 Å². The molecule has 122 valence electrons. The van der Waals surface area contributed by atoms with Gasteiger partial charge in [-0.3, -0.25) is 14.7 Å². The molecule has 4 heteroatoms. The minimum atomic E-state index is -0.145. The lowest BCUT2D eigenvalue weighted by Crippen LogP contribution is -2.19. The van der Waals surface area contributed by atoms with Crippen LogP contribution in [0.25, 0.3) is 5.69 Å². The summed E-state index contributed by atoms with van der Waals surface area (Å²) in [6, 6.07) is 18.5. The van der Waals surface area contributed by atoms with Crippen molar-refractivity contribution in [2.75, 3.05) is 0 Å². The Morgan fingerprint density at radius 1 is 1.00 bits per heavy atom. The number of ketones is 1. The molecule has 1 heterocycles. The van der Waals surface area contributed by atoms with Crippen molar-refractivity contribution in [1.29, 1.82) is 0 Å². The number of hydrogen-bond acceptors (Lipinski definition) is 2. The van der Waals surface area contributed by atoms with E-state index in [0.29, 0.717) is 11.1 Å². The number of aryl methyl sites for hydroxylation is 1. The van der Waals surface area contributed by atoms with E-state index >= 15 is 0 Å². The number of aromatic nitrogens is 2. The minimum absolute atomic E-state index is 0.0377. The van der Waals surface area contributed by atoms with Crippen molar-refractivity contribution in [3.8, 4) is 5.69 Å². The quantitative estimate of drug-likeness (QED) is 0.706. The summed E-state index contributed by atoms with van der Waals surface area (Å²) in [5.74, 6) is -0.0377. The maximum atomic E-state index is 12.8. The molecular weight excluding hydrogens is 300 g/mol. The van der Waals surface area contributed by atoms with Crippen molar-refractivity contribution < 1.29 is 4.79 Å². The Labute approximate surface area is 140 Å². The van der Waals surface area contributed by atoms with Crippen LogP contribution in [0.3, 0.4) is 0 Å². The first-order valence-corrected chi connectivity index (χ1v) is 8.17. The van der Waals surface area contributed by atoms with Crippen LogP contribution < -0.4 is 5.56 Å². The second kappa shape index (κ2) is 7.13. The summed E-state index contributed by atoms with van der Waals surface area (Å²) in [5.41, 5.74) is 2.67. The van der Waals surface area contributed by atoms with E-state index in [-0.39, 0.29) is 17.8 Å². The van der Waals surface area contributed by atoms with E-state index in [1.807, 2.05) is 48.5 Å². The fraction of sp³-hybridized carbons (Fsp3) is 0.200. The van der Waals surface area contributed by atoms with Crippen LogP contribution in [0.1, 0.15) is 35.0 Å². The van der Waals surface area contributed by atoms with Gasteiger partial charge < -0.3 is 0 Å². The maximum Gasteiger partial charge on any atom is 0.275 e. The molecule has 24 heavy (non-hydrogen) atoms. The molecule has 0 spiro atoms. The predicted molar refractivity (Wildman–Crippen MR) is 94.9 cm³/mol. The molecule has 0 aliphatic carbocycles. The number of H-pyrrole nitrogens is 1. The number of carbonyl (C=O) groups excluding carboxylic acids is 1. The molecule has 0 amide bonds. The Bertz CT molecular complexity index is 877. The highest BCUT2D eigenvalue weighted by molar-refractivity contribution is 5.97. The Balaban J connectivity index is 1.99. The SMILES string of the molecule is CCCc1[nH]n(-c2ccccc2)c(=O)c1CC(=O)c1ccccc1. The first-order chi connectivity index (χ1) is 11.7. The summed E-state index contributed by atoms with van der Waals surface area (Å²) >= 11 is 0. The smallest absolute Gasteiger partial charge is 0.275 e. The van der Waals surface area contributed by atoms with Gasteiger partial charge in [-0.25, -0.2) is 4.68 Å². The van der Waals surface area contributed by atoms with Gasteiger partial charge in [0.25, 0.3) is 5.56 Å². The highest BCUT2D eigenvalue weighted by Crippen LogP contribution is 2.12. The molecule has 0 bridgehead atoms. The van der Waals surface area contributed by atoms with Crippen LogP contribution in [-0.2, 0) is 12.8 Å². The third-order valence-electron chi connectivity index (χ3n) is 4.02. The number of benzene rings is 2. The van der Waals surface area contributed by atoms with Gasteiger partial charge in [0.15, 0.2) is 5.78 Å². The summed E-state index contributed by atoms with van der Waals surface area (Å²) in [6.45, 7) is 2.06. The van der Waals surface area contributed by atoms with Crippen molar-refractivity contribution in [2.24, 2.45) is 0 Å². The molecule has 0 saturated heterocycles. The summed E-state index contributed by atoms with van der Waals surface area (Å²) in [5, 5.41) is 3.18. The molecule has 0 saturated carbocycles. The van der Waals surface area contributed by atoms with Crippen LogP contribution in [0.15, 0.2) is 65.5 Å². The minimum Gasteiger partial charge on any atom is -0.295 e. The van der Waals surface area contributed by atoms with E-state index in [2.05, 4.69) is 12.0 Å². The largest absolute Gasteiger partial charge is 0.295 e. The van der Waals surface area contributed by atoms with E-state index in [4.69, 9.17) is 0 Å². The topological polar surface area (TPSA) is 54.9 Å². The Kier molecular flexibility index (Phi) is 4.75. The lowest BCUT2D eigenvalue weighted by Gasteiger charge is -2.01. The van der Waals surface area contributed by atoms with Gasteiger partial charge in [0.1, 0.15) is 0 Å². The third-order valence-corrected chi connectivity index (χ3v) is 4.02. The van der Waals surface area contributed by atoms with E-state index in [0.717, 1.165) is 24.2 Å². The Morgan fingerprint density at radius 2 is 1.62 bits per heavy atom. The van der Waals surface area contributed by atoms with Crippen LogP contribution in [0.2, 0.25) is 0 Å². The van der Waals surface area contributed by atoms with E-state index in [1.165, 1.54) is 4.68 Å². The monoisotopic (exact) mass is 320 g/mol. The number of nitrogens with zero attached hydrogens (tertiary/aromatic N) is 1. The molecule has 3 rings (SSSR count). The van der Waals surface area contributed by atoms with Gasteiger partial charge in [0, 0.05) is 23.2 Å². The molecular formula is C20H20N2O2. The van der Waals surface area contributed by atoms with Crippen LogP contribution in [-0.4, -0.2) is 15.6 Å². The van der Waals surface area contributed by atoms with Crippen molar-refractivity contribution >= 4 is 5.78 Å². The summed E-state index contributed by atoms with van der Waals surface area (Å²) in [4.78, 5) is 25.3. The summed E-state index contributed by atoms with van der Waals surface area (Å²) in [7, 11) is 0. The molecule has 0 unspecified atom stereocenters. The number of carbonyl (C=O) groups is 1. The molecule has 0 aliphatic heterocycles. The van der Waals surface area contributed by atoms with Gasteiger partial charge in [-0.2, -0.15) is 0 Å². The van der Waals surface area contributed by atoms with E-state index in [9.17, 15) is 9.59 Å². The molecule has 0 radical (unpaired) electrons. The normalized spacial score (nSPS) is 10.7. The zero-order valence-electron chi connectivity index (χ0n) is 13.7. The standard InChI is InChI=1S/C20H20N2O2/c1-2-9-18-17(14-19(23)15-10-5-3-6-11-15)20(24)22(21-18)16-12-7-4-8-13-16/h3-8,10-13,21H,2,9,14H2,1H3. The zero-order valence-corrected chi connectivity index (χ0v) is 13.7. The van der Waals surface area contributed by atoms with Gasteiger partial charge in [-0.15, -0.1) is 0 Å². The average Bonchev–Trinajstić information content (AvgIpc) is 2.93. The number of Topliss-reactive ketones (excluding diaryl/α,β-unsaturated/α-hetero) is 1. The summed E-state index contributed by atoms with van der Waals surface area (Å²) in [6.07, 6.45) is 1.77. The van der Waals surface area contributed by atoms with E-state index in [1.54, 1.807) is 12.1 Å². The second-order valence-electron chi connectivity index (χ2n) is 5.76. The van der Waals surface area contributed by atoms with Crippen molar-refractivity contribution in [3.05, 3.63) is 87.8 Å². The van der Waals surface area contributed by atoms with Crippen LogP contribution in [0, 0.1) is 0 Å². The van der Waals surface area contributed by atoms with Crippen molar-refractivity contribution in [3.63, 3.8) is 0 Å². The molecule has 1 aromatic heterocycles. The molecule has 0 aliphatic rings. The third kappa shape index (κ3) is 3.23. The predicted octanol–water partition coefficient (Wildman–Crippen LogP) is 3.54. The number of rotatable bonds is 6. The fourth-order valence-electron chi connectivity index (χ4n) is 2.80. The lowest BCUT2D eigenvalue weighted by atomic mass is 10.0. The highest BCUT2D eigenvalue weighted by Gasteiger charge is 2.18. The van der Waals surface area contributed by atoms with Gasteiger partial charge in [-0.05, 0) is 18.6 Å². The first-order valence-electron chi connectivity index (χ1n) is 8.17. The van der Waals surface area contributed by atoms with Crippen molar-refractivity contribution in [2.45, 2.75) is 26.2 Å².